The average molecular weight is 309 g/mol. The molecule has 1 spiro atoms. The zero-order chi connectivity index (χ0) is 16.2. The van der Waals surface area contributed by atoms with Crippen LogP contribution in [0.25, 0.3) is 0 Å². The fourth-order valence-corrected chi connectivity index (χ4v) is 3.25. The third-order valence-corrected chi connectivity index (χ3v) is 4.47. The van der Waals surface area contributed by atoms with Crippen molar-refractivity contribution in [1.82, 2.24) is 4.90 Å². The van der Waals surface area contributed by atoms with Crippen LogP contribution in [-0.4, -0.2) is 30.9 Å². The number of benzene rings is 2. The summed E-state index contributed by atoms with van der Waals surface area (Å²) < 4.78 is 5.20. The summed E-state index contributed by atoms with van der Waals surface area (Å²) in [5.74, 6) is 0.163. The molecule has 2 N–H and O–H groups in total. The first kappa shape index (κ1) is 13.6. The zero-order valence-corrected chi connectivity index (χ0v) is 12.7. The van der Waals surface area contributed by atoms with E-state index >= 15 is 0 Å². The third kappa shape index (κ3) is 1.63. The van der Waals surface area contributed by atoms with Crippen LogP contribution in [0, 0.1) is 0 Å². The number of hydrogen-bond acceptors (Lipinski definition) is 4. The van der Waals surface area contributed by atoms with Crippen molar-refractivity contribution in [2.24, 2.45) is 0 Å². The van der Waals surface area contributed by atoms with Gasteiger partial charge in [0.25, 0.3) is 11.8 Å². The average Bonchev–Trinajstić information content (AvgIpc) is 2.84. The second-order valence-electron chi connectivity index (χ2n) is 5.61. The number of carbonyl (C=O) groups excluding carboxylic acids is 2. The molecule has 0 aliphatic carbocycles. The van der Waals surface area contributed by atoms with Crippen molar-refractivity contribution in [3.05, 3.63) is 53.6 Å². The lowest BCUT2D eigenvalue weighted by atomic mass is 9.93. The topological polar surface area (TPSA) is 70.7 Å². The first-order valence-corrected chi connectivity index (χ1v) is 7.23. The van der Waals surface area contributed by atoms with Crippen LogP contribution in [0.15, 0.2) is 42.5 Å². The van der Waals surface area contributed by atoms with Crippen molar-refractivity contribution in [1.29, 1.82) is 0 Å². The Morgan fingerprint density at radius 1 is 1.09 bits per heavy atom. The number of nitrogens with one attached hydrogen (secondary N) is 2. The Morgan fingerprint density at radius 3 is 2.65 bits per heavy atom. The van der Waals surface area contributed by atoms with Crippen LogP contribution in [0.4, 0.5) is 11.4 Å². The van der Waals surface area contributed by atoms with Gasteiger partial charge < -0.3 is 20.3 Å². The summed E-state index contributed by atoms with van der Waals surface area (Å²) in [5, 5.41) is 6.09. The van der Waals surface area contributed by atoms with Crippen LogP contribution in [0.5, 0.6) is 5.75 Å². The van der Waals surface area contributed by atoms with Crippen molar-refractivity contribution in [3.63, 3.8) is 0 Å². The van der Waals surface area contributed by atoms with Crippen molar-refractivity contribution < 1.29 is 14.3 Å². The molecule has 116 valence electrons. The molecule has 0 aromatic heterocycles. The molecule has 0 saturated carbocycles. The molecule has 2 aliphatic rings. The molecule has 0 bridgehead atoms. The Kier molecular flexibility index (Phi) is 2.66. The maximum Gasteiger partial charge on any atom is 0.276 e. The standard InChI is InChI=1S/C17H15N3O3/c1-20-15(21)11-5-3-4-6-13(11)19-17(20)12-8-7-10(23-2)9-14(12)18-16(17)22/h3-9,19H,1-2H3,(H,18,22)/t17-/m0/s1. The Balaban J connectivity index is 1.93. The normalized spacial score (nSPS) is 21.6. The quantitative estimate of drug-likeness (QED) is 0.845. The van der Waals surface area contributed by atoms with Gasteiger partial charge in [0.05, 0.1) is 18.4 Å². The molecule has 0 fully saturated rings. The predicted molar refractivity (Wildman–Crippen MR) is 85.5 cm³/mol. The molecule has 2 amide bonds. The molecule has 2 aromatic carbocycles. The van der Waals surface area contributed by atoms with Gasteiger partial charge in [-0.3, -0.25) is 9.59 Å². The van der Waals surface area contributed by atoms with E-state index < -0.39 is 5.66 Å². The molecule has 0 radical (unpaired) electrons. The number of fused-ring (bicyclic) bond motifs is 3. The van der Waals surface area contributed by atoms with E-state index in [1.165, 1.54) is 4.90 Å². The van der Waals surface area contributed by atoms with E-state index in [2.05, 4.69) is 10.6 Å². The fraction of sp³-hybridized carbons (Fsp3) is 0.176. The number of anilines is 2. The van der Waals surface area contributed by atoms with Gasteiger partial charge in [0.15, 0.2) is 0 Å². The minimum Gasteiger partial charge on any atom is -0.497 e. The Labute approximate surface area is 133 Å². The van der Waals surface area contributed by atoms with E-state index in [0.29, 0.717) is 28.3 Å². The van der Waals surface area contributed by atoms with E-state index in [0.717, 1.165) is 0 Å². The Bertz CT molecular complexity index is 849. The van der Waals surface area contributed by atoms with Gasteiger partial charge in [-0.05, 0) is 24.3 Å². The van der Waals surface area contributed by atoms with Crippen LogP contribution in [0.1, 0.15) is 15.9 Å². The Morgan fingerprint density at radius 2 is 1.87 bits per heavy atom. The maximum absolute atomic E-state index is 12.8. The minimum atomic E-state index is -1.24. The van der Waals surface area contributed by atoms with E-state index in [1.54, 1.807) is 50.6 Å². The number of likely N-dealkylation sites (N-methyl/N-ethyl adjacent to an activating group) is 1. The monoisotopic (exact) mass is 309 g/mol. The lowest BCUT2D eigenvalue weighted by molar-refractivity contribution is -0.124. The smallest absolute Gasteiger partial charge is 0.276 e. The first-order valence-electron chi connectivity index (χ1n) is 7.23. The number of nitrogens with zero attached hydrogens (tertiary/aromatic N) is 1. The largest absolute Gasteiger partial charge is 0.497 e. The highest BCUT2D eigenvalue weighted by atomic mass is 16.5. The molecule has 2 aliphatic heterocycles. The molecule has 2 heterocycles. The molecule has 0 unspecified atom stereocenters. The van der Waals surface area contributed by atoms with E-state index in [1.807, 2.05) is 6.07 Å². The summed E-state index contributed by atoms with van der Waals surface area (Å²) in [6, 6.07) is 12.5. The SMILES string of the molecule is COc1ccc2c(c1)NC(=O)[C@]21Nc2ccccc2C(=O)N1C. The van der Waals surface area contributed by atoms with Gasteiger partial charge in [0.2, 0.25) is 5.66 Å². The summed E-state index contributed by atoms with van der Waals surface area (Å²) in [6.07, 6.45) is 0. The second kappa shape index (κ2) is 4.49. The summed E-state index contributed by atoms with van der Waals surface area (Å²) in [4.78, 5) is 26.9. The van der Waals surface area contributed by atoms with Gasteiger partial charge in [0, 0.05) is 24.4 Å². The molecule has 2 aromatic rings. The highest BCUT2D eigenvalue weighted by Crippen LogP contribution is 2.45. The number of methoxy groups -OCH3 is 1. The number of para-hydroxylation sites is 1. The summed E-state index contributed by atoms with van der Waals surface area (Å²) in [7, 11) is 3.20. The van der Waals surface area contributed by atoms with Gasteiger partial charge in [-0.2, -0.15) is 0 Å². The van der Waals surface area contributed by atoms with Gasteiger partial charge in [-0.15, -0.1) is 0 Å². The number of carbonyl (C=O) groups is 2. The number of rotatable bonds is 1. The predicted octanol–water partition coefficient (Wildman–Crippen LogP) is 2.00. The lowest BCUT2D eigenvalue weighted by Crippen LogP contribution is -2.59. The summed E-state index contributed by atoms with van der Waals surface area (Å²) in [5.41, 5.74) is 1.30. The summed E-state index contributed by atoms with van der Waals surface area (Å²) >= 11 is 0. The molecular formula is C17H15N3O3. The summed E-state index contributed by atoms with van der Waals surface area (Å²) in [6.45, 7) is 0. The van der Waals surface area contributed by atoms with Crippen molar-refractivity contribution >= 4 is 23.2 Å². The van der Waals surface area contributed by atoms with E-state index in [9.17, 15) is 9.59 Å². The van der Waals surface area contributed by atoms with Crippen LogP contribution >= 0.6 is 0 Å². The van der Waals surface area contributed by atoms with Gasteiger partial charge in [0.1, 0.15) is 5.75 Å². The zero-order valence-electron chi connectivity index (χ0n) is 12.7. The van der Waals surface area contributed by atoms with Crippen molar-refractivity contribution in [3.8, 4) is 5.75 Å². The highest BCUT2D eigenvalue weighted by molar-refractivity contribution is 6.14. The molecular weight excluding hydrogens is 294 g/mol. The van der Waals surface area contributed by atoms with E-state index in [-0.39, 0.29) is 11.8 Å². The molecule has 23 heavy (non-hydrogen) atoms. The van der Waals surface area contributed by atoms with Crippen LogP contribution in [-0.2, 0) is 10.5 Å². The third-order valence-electron chi connectivity index (χ3n) is 4.47. The van der Waals surface area contributed by atoms with Gasteiger partial charge in [-0.25, -0.2) is 0 Å². The number of amides is 2. The molecule has 1 atom stereocenters. The maximum atomic E-state index is 12.8. The van der Waals surface area contributed by atoms with Crippen LogP contribution < -0.4 is 15.4 Å². The molecule has 6 heteroatoms. The first-order chi connectivity index (χ1) is 11.1. The lowest BCUT2D eigenvalue weighted by Gasteiger charge is -2.42. The molecule has 0 saturated heterocycles. The van der Waals surface area contributed by atoms with Crippen molar-refractivity contribution in [2.75, 3.05) is 24.8 Å². The number of ether oxygens (including phenoxy) is 1. The molecule has 6 nitrogen and oxygen atoms in total. The second-order valence-corrected chi connectivity index (χ2v) is 5.61. The van der Waals surface area contributed by atoms with Gasteiger partial charge >= 0.3 is 0 Å². The minimum absolute atomic E-state index is 0.196. The molecule has 4 rings (SSSR count). The van der Waals surface area contributed by atoms with E-state index in [4.69, 9.17) is 4.74 Å². The van der Waals surface area contributed by atoms with Crippen molar-refractivity contribution in [2.45, 2.75) is 5.66 Å². The highest BCUT2D eigenvalue weighted by Gasteiger charge is 2.55. The fourth-order valence-electron chi connectivity index (χ4n) is 3.25. The van der Waals surface area contributed by atoms with Crippen LogP contribution in [0.3, 0.4) is 0 Å². The van der Waals surface area contributed by atoms with Crippen LogP contribution in [0.2, 0.25) is 0 Å². The Hall–Kier alpha value is -3.02. The van der Waals surface area contributed by atoms with Gasteiger partial charge in [-0.1, -0.05) is 12.1 Å². The number of hydrogen-bond donors (Lipinski definition) is 2.